The highest BCUT2D eigenvalue weighted by Crippen LogP contribution is 2.26. The third kappa shape index (κ3) is 4.55. The maximum atomic E-state index is 12.2. The molecule has 4 heteroatoms. The van der Waals surface area contributed by atoms with Crippen LogP contribution in [0.2, 0.25) is 0 Å². The molecule has 116 valence electrons. The van der Waals surface area contributed by atoms with Crippen LogP contribution in [-0.4, -0.2) is 41.7 Å². The monoisotopic (exact) mass is 290 g/mol. The lowest BCUT2D eigenvalue weighted by molar-refractivity contribution is -0.125. The van der Waals surface area contributed by atoms with Crippen LogP contribution in [0.15, 0.2) is 30.3 Å². The van der Waals surface area contributed by atoms with Gasteiger partial charge in [0.1, 0.15) is 0 Å². The van der Waals surface area contributed by atoms with Crippen molar-refractivity contribution in [2.45, 2.75) is 44.9 Å². The van der Waals surface area contributed by atoms with Crippen LogP contribution < -0.4 is 5.32 Å². The van der Waals surface area contributed by atoms with Gasteiger partial charge in [-0.1, -0.05) is 36.8 Å². The molecule has 0 radical (unpaired) electrons. The molecule has 2 rings (SSSR count). The SMILES string of the molecule is CC(C(=O)NCc1ccccc1)N(C)CC1CCCC1O. The second-order valence-corrected chi connectivity index (χ2v) is 6.08. The predicted molar refractivity (Wildman–Crippen MR) is 83.7 cm³/mol. The second-order valence-electron chi connectivity index (χ2n) is 6.08. The van der Waals surface area contributed by atoms with Crippen LogP contribution in [0, 0.1) is 5.92 Å². The molecule has 0 spiro atoms. The molecule has 0 aromatic heterocycles. The first kappa shape index (κ1) is 16.0. The fourth-order valence-electron chi connectivity index (χ4n) is 2.89. The van der Waals surface area contributed by atoms with E-state index in [4.69, 9.17) is 0 Å². The van der Waals surface area contributed by atoms with Gasteiger partial charge in [-0.15, -0.1) is 0 Å². The summed E-state index contributed by atoms with van der Waals surface area (Å²) in [7, 11) is 1.96. The van der Waals surface area contributed by atoms with Gasteiger partial charge >= 0.3 is 0 Å². The summed E-state index contributed by atoms with van der Waals surface area (Å²) in [6, 6.07) is 9.74. The fraction of sp³-hybridized carbons (Fsp3) is 0.588. The maximum Gasteiger partial charge on any atom is 0.237 e. The average Bonchev–Trinajstić information content (AvgIpc) is 2.90. The van der Waals surface area contributed by atoms with E-state index in [1.165, 1.54) is 0 Å². The van der Waals surface area contributed by atoms with Crippen LogP contribution in [0.25, 0.3) is 0 Å². The van der Waals surface area contributed by atoms with E-state index in [0.717, 1.165) is 31.4 Å². The number of amides is 1. The Morgan fingerprint density at radius 3 is 2.71 bits per heavy atom. The molecule has 0 bridgehead atoms. The third-order valence-corrected chi connectivity index (χ3v) is 4.49. The molecule has 2 N–H and O–H groups in total. The molecule has 1 saturated carbocycles. The number of hydrogen-bond acceptors (Lipinski definition) is 3. The molecule has 1 aliphatic carbocycles. The Kier molecular flexibility index (Phi) is 5.76. The lowest BCUT2D eigenvalue weighted by atomic mass is 10.0. The Bertz CT molecular complexity index is 449. The number of carbonyl (C=O) groups excluding carboxylic acids is 1. The quantitative estimate of drug-likeness (QED) is 0.840. The zero-order valence-electron chi connectivity index (χ0n) is 13.0. The van der Waals surface area contributed by atoms with Crippen molar-refractivity contribution in [2.75, 3.05) is 13.6 Å². The Hall–Kier alpha value is -1.39. The molecule has 21 heavy (non-hydrogen) atoms. The summed E-state index contributed by atoms with van der Waals surface area (Å²) in [6.07, 6.45) is 2.85. The van der Waals surface area contributed by atoms with Crippen LogP contribution >= 0.6 is 0 Å². The van der Waals surface area contributed by atoms with Gasteiger partial charge in [0.25, 0.3) is 0 Å². The van der Waals surface area contributed by atoms with E-state index in [2.05, 4.69) is 5.32 Å². The van der Waals surface area contributed by atoms with Crippen molar-refractivity contribution in [2.24, 2.45) is 5.92 Å². The van der Waals surface area contributed by atoms with Crippen molar-refractivity contribution in [3.05, 3.63) is 35.9 Å². The Balaban J connectivity index is 1.78. The van der Waals surface area contributed by atoms with Gasteiger partial charge < -0.3 is 10.4 Å². The average molecular weight is 290 g/mol. The molecule has 4 nitrogen and oxygen atoms in total. The van der Waals surface area contributed by atoms with Crippen molar-refractivity contribution >= 4 is 5.91 Å². The minimum atomic E-state index is -0.202. The molecule has 1 fully saturated rings. The third-order valence-electron chi connectivity index (χ3n) is 4.49. The first-order valence-corrected chi connectivity index (χ1v) is 7.78. The summed E-state index contributed by atoms with van der Waals surface area (Å²) in [5.41, 5.74) is 1.10. The van der Waals surface area contributed by atoms with E-state index >= 15 is 0 Å². The topological polar surface area (TPSA) is 52.6 Å². The minimum Gasteiger partial charge on any atom is -0.393 e. The summed E-state index contributed by atoms with van der Waals surface area (Å²) < 4.78 is 0. The molecule has 0 heterocycles. The number of aliphatic hydroxyl groups excluding tert-OH is 1. The smallest absolute Gasteiger partial charge is 0.237 e. The second kappa shape index (κ2) is 7.57. The normalized spacial score (nSPS) is 23.2. The van der Waals surface area contributed by atoms with Gasteiger partial charge in [-0.05, 0) is 38.3 Å². The van der Waals surface area contributed by atoms with Gasteiger partial charge in [0, 0.05) is 13.1 Å². The van der Waals surface area contributed by atoms with E-state index in [9.17, 15) is 9.90 Å². The number of carbonyl (C=O) groups is 1. The number of rotatable bonds is 6. The number of aliphatic hydroxyl groups is 1. The first-order valence-electron chi connectivity index (χ1n) is 7.78. The summed E-state index contributed by atoms with van der Waals surface area (Å²) >= 11 is 0. The number of likely N-dealkylation sites (N-methyl/N-ethyl adjacent to an activating group) is 1. The number of nitrogens with one attached hydrogen (secondary N) is 1. The maximum absolute atomic E-state index is 12.2. The summed E-state index contributed by atoms with van der Waals surface area (Å²) in [5.74, 6) is 0.341. The van der Waals surface area contributed by atoms with Gasteiger partial charge in [-0.2, -0.15) is 0 Å². The van der Waals surface area contributed by atoms with Crippen LogP contribution in [0.1, 0.15) is 31.7 Å². The Morgan fingerprint density at radius 2 is 2.10 bits per heavy atom. The molecular weight excluding hydrogens is 264 g/mol. The molecule has 0 saturated heterocycles. The van der Waals surface area contributed by atoms with E-state index in [1.54, 1.807) is 0 Å². The van der Waals surface area contributed by atoms with E-state index in [-0.39, 0.29) is 18.1 Å². The van der Waals surface area contributed by atoms with Gasteiger partial charge in [0.2, 0.25) is 5.91 Å². The molecule has 1 aromatic carbocycles. The molecule has 1 aromatic rings. The summed E-state index contributed by atoms with van der Waals surface area (Å²) in [6.45, 7) is 3.26. The molecule has 1 aliphatic rings. The summed E-state index contributed by atoms with van der Waals surface area (Å²) in [5, 5.41) is 12.9. The van der Waals surface area contributed by atoms with Crippen LogP contribution in [0.4, 0.5) is 0 Å². The van der Waals surface area contributed by atoms with Crippen molar-refractivity contribution in [1.29, 1.82) is 0 Å². The predicted octanol–water partition coefficient (Wildman–Crippen LogP) is 1.78. The van der Waals surface area contributed by atoms with Gasteiger partial charge in [-0.25, -0.2) is 0 Å². The zero-order chi connectivity index (χ0) is 15.2. The van der Waals surface area contributed by atoms with Gasteiger partial charge in [0.15, 0.2) is 0 Å². The van der Waals surface area contributed by atoms with E-state index in [1.807, 2.05) is 49.2 Å². The lowest BCUT2D eigenvalue weighted by Gasteiger charge is -2.27. The van der Waals surface area contributed by atoms with Gasteiger partial charge in [-0.3, -0.25) is 9.69 Å². The van der Waals surface area contributed by atoms with Crippen LogP contribution in [0.5, 0.6) is 0 Å². The zero-order valence-corrected chi connectivity index (χ0v) is 13.0. The highest BCUT2D eigenvalue weighted by atomic mass is 16.3. The van der Waals surface area contributed by atoms with Crippen molar-refractivity contribution in [3.8, 4) is 0 Å². The highest BCUT2D eigenvalue weighted by molar-refractivity contribution is 5.81. The standard InChI is InChI=1S/C17H26N2O2/c1-13(19(2)12-15-9-6-10-16(15)20)17(21)18-11-14-7-4-3-5-8-14/h3-5,7-8,13,15-16,20H,6,9-12H2,1-2H3,(H,18,21). The Labute approximate surface area is 127 Å². The van der Waals surface area contributed by atoms with Crippen molar-refractivity contribution in [3.63, 3.8) is 0 Å². The molecule has 1 amide bonds. The number of hydrogen-bond donors (Lipinski definition) is 2. The van der Waals surface area contributed by atoms with E-state index in [0.29, 0.717) is 12.5 Å². The Morgan fingerprint density at radius 1 is 1.38 bits per heavy atom. The van der Waals surface area contributed by atoms with E-state index < -0.39 is 0 Å². The number of nitrogens with zero attached hydrogens (tertiary/aromatic N) is 1. The van der Waals surface area contributed by atoms with Crippen LogP contribution in [0.3, 0.4) is 0 Å². The molecule has 0 aliphatic heterocycles. The molecule has 3 atom stereocenters. The number of benzene rings is 1. The molecule has 3 unspecified atom stereocenters. The largest absolute Gasteiger partial charge is 0.393 e. The first-order chi connectivity index (χ1) is 10.1. The minimum absolute atomic E-state index is 0.0360. The summed E-state index contributed by atoms with van der Waals surface area (Å²) in [4.78, 5) is 14.2. The van der Waals surface area contributed by atoms with Gasteiger partial charge in [0.05, 0.1) is 12.1 Å². The van der Waals surface area contributed by atoms with Crippen molar-refractivity contribution < 1.29 is 9.90 Å². The molecular formula is C17H26N2O2. The highest BCUT2D eigenvalue weighted by Gasteiger charge is 2.28. The lowest BCUT2D eigenvalue weighted by Crippen LogP contribution is -2.45. The van der Waals surface area contributed by atoms with Crippen LogP contribution in [-0.2, 0) is 11.3 Å². The van der Waals surface area contributed by atoms with Crippen molar-refractivity contribution in [1.82, 2.24) is 10.2 Å². The fourth-order valence-corrected chi connectivity index (χ4v) is 2.89.